The van der Waals surface area contributed by atoms with Crippen molar-refractivity contribution in [2.45, 2.75) is 25.0 Å². The Morgan fingerprint density at radius 1 is 1.19 bits per heavy atom. The van der Waals surface area contributed by atoms with Gasteiger partial charge in [0.1, 0.15) is 23.8 Å². The molecule has 2 aromatic rings. The fraction of sp³-hybridized carbons (Fsp3) is 0.381. The Morgan fingerprint density at radius 2 is 1.93 bits per heavy atom. The molecule has 2 aliphatic rings. The molecule has 1 saturated heterocycles. The van der Waals surface area contributed by atoms with Gasteiger partial charge < -0.3 is 14.6 Å². The van der Waals surface area contributed by atoms with Gasteiger partial charge in [-0.3, -0.25) is 4.90 Å². The quantitative estimate of drug-likeness (QED) is 0.819. The van der Waals surface area contributed by atoms with Crippen molar-refractivity contribution in [2.24, 2.45) is 0 Å². The van der Waals surface area contributed by atoms with E-state index in [1.165, 1.54) is 17.7 Å². The van der Waals surface area contributed by atoms with Crippen molar-refractivity contribution < 1.29 is 23.8 Å². The highest BCUT2D eigenvalue weighted by molar-refractivity contribution is 5.95. The molecule has 0 aliphatic carbocycles. The number of benzene rings is 2. The summed E-state index contributed by atoms with van der Waals surface area (Å²) >= 11 is 0. The van der Waals surface area contributed by atoms with Crippen LogP contribution >= 0.6 is 0 Å². The minimum absolute atomic E-state index is 0.0485. The number of halogens is 1. The molecule has 5 nitrogen and oxygen atoms in total. The van der Waals surface area contributed by atoms with Crippen molar-refractivity contribution in [1.29, 1.82) is 0 Å². The Morgan fingerprint density at radius 3 is 2.63 bits per heavy atom. The van der Waals surface area contributed by atoms with Crippen molar-refractivity contribution in [3.8, 4) is 5.75 Å². The van der Waals surface area contributed by atoms with Gasteiger partial charge in [0.05, 0.1) is 12.2 Å². The van der Waals surface area contributed by atoms with Gasteiger partial charge in [0.2, 0.25) is 0 Å². The monoisotopic (exact) mass is 371 g/mol. The van der Waals surface area contributed by atoms with Crippen LogP contribution in [0.3, 0.4) is 0 Å². The zero-order chi connectivity index (χ0) is 18.9. The molecule has 2 aromatic carbocycles. The number of rotatable bonds is 5. The molecule has 0 saturated carbocycles. The number of esters is 1. The molecule has 0 atom stereocenters. The summed E-state index contributed by atoms with van der Waals surface area (Å²) in [5.74, 6) is -0.756. The molecule has 1 N–H and O–H groups in total. The molecule has 0 radical (unpaired) electrons. The molecule has 6 heteroatoms. The number of carbonyl (C=O) groups is 1. The number of piperidine rings is 1. The predicted octanol–water partition coefficient (Wildman–Crippen LogP) is 2.86. The first-order chi connectivity index (χ1) is 13.1. The van der Waals surface area contributed by atoms with Gasteiger partial charge in [0, 0.05) is 44.1 Å². The molecule has 142 valence electrons. The van der Waals surface area contributed by atoms with E-state index in [1.54, 1.807) is 0 Å². The SMILES string of the molecule is O=C1OC2(CCN(Cc3ccccc3)CC2)c2c(F)cc(OCCO)cc21. The second kappa shape index (κ2) is 7.29. The first-order valence-electron chi connectivity index (χ1n) is 9.19. The highest BCUT2D eigenvalue weighted by Crippen LogP contribution is 2.46. The van der Waals surface area contributed by atoms with Gasteiger partial charge in [-0.15, -0.1) is 0 Å². The van der Waals surface area contributed by atoms with Crippen molar-refractivity contribution >= 4 is 5.97 Å². The number of fused-ring (bicyclic) bond motifs is 2. The number of aliphatic hydroxyl groups is 1. The van der Waals surface area contributed by atoms with E-state index in [2.05, 4.69) is 17.0 Å². The first-order valence-corrected chi connectivity index (χ1v) is 9.19. The summed E-state index contributed by atoms with van der Waals surface area (Å²) in [6.45, 7) is 2.15. The van der Waals surface area contributed by atoms with Gasteiger partial charge in [-0.1, -0.05) is 30.3 Å². The topological polar surface area (TPSA) is 59.0 Å². The fourth-order valence-corrected chi connectivity index (χ4v) is 4.00. The average molecular weight is 371 g/mol. The minimum atomic E-state index is -0.890. The molecule has 1 spiro atoms. The van der Waals surface area contributed by atoms with Crippen LogP contribution in [-0.2, 0) is 16.9 Å². The third kappa shape index (κ3) is 3.42. The van der Waals surface area contributed by atoms with Crippen LogP contribution in [0.4, 0.5) is 4.39 Å². The van der Waals surface area contributed by atoms with Crippen LogP contribution in [0.25, 0.3) is 0 Å². The average Bonchev–Trinajstić information content (AvgIpc) is 2.95. The lowest BCUT2D eigenvalue weighted by Crippen LogP contribution is -2.42. The van der Waals surface area contributed by atoms with Crippen molar-refractivity contribution in [1.82, 2.24) is 4.90 Å². The van der Waals surface area contributed by atoms with E-state index in [0.717, 1.165) is 19.6 Å². The van der Waals surface area contributed by atoms with Gasteiger partial charge in [0.25, 0.3) is 0 Å². The number of ether oxygens (including phenoxy) is 2. The lowest BCUT2D eigenvalue weighted by molar-refractivity contribution is -0.0454. The molecule has 2 heterocycles. The fourth-order valence-electron chi connectivity index (χ4n) is 4.00. The molecule has 0 bridgehead atoms. The first kappa shape index (κ1) is 17.9. The second-order valence-corrected chi connectivity index (χ2v) is 7.05. The molecule has 0 aromatic heterocycles. The van der Waals surface area contributed by atoms with Gasteiger partial charge >= 0.3 is 5.97 Å². The number of hydrogen-bond acceptors (Lipinski definition) is 5. The Kier molecular flexibility index (Phi) is 4.85. The zero-order valence-corrected chi connectivity index (χ0v) is 15.0. The van der Waals surface area contributed by atoms with Crippen LogP contribution in [0.15, 0.2) is 42.5 Å². The molecule has 1 fully saturated rings. The molecule has 4 rings (SSSR count). The highest BCUT2D eigenvalue weighted by atomic mass is 19.1. The van der Waals surface area contributed by atoms with E-state index in [0.29, 0.717) is 18.4 Å². The summed E-state index contributed by atoms with van der Waals surface area (Å²) in [6.07, 6.45) is 1.12. The summed E-state index contributed by atoms with van der Waals surface area (Å²) in [7, 11) is 0. The number of nitrogens with zero attached hydrogens (tertiary/aromatic N) is 1. The summed E-state index contributed by atoms with van der Waals surface area (Å²) in [6, 6.07) is 13.0. The maximum Gasteiger partial charge on any atom is 0.339 e. The van der Waals surface area contributed by atoms with Gasteiger partial charge in [0.15, 0.2) is 0 Å². The van der Waals surface area contributed by atoms with Gasteiger partial charge in [-0.05, 0) is 11.6 Å². The summed E-state index contributed by atoms with van der Waals surface area (Å²) in [5, 5.41) is 8.86. The van der Waals surface area contributed by atoms with E-state index in [1.807, 2.05) is 18.2 Å². The number of hydrogen-bond donors (Lipinski definition) is 1. The second-order valence-electron chi connectivity index (χ2n) is 7.05. The summed E-state index contributed by atoms with van der Waals surface area (Å²) < 4.78 is 25.8. The Balaban J connectivity index is 1.52. The van der Waals surface area contributed by atoms with Crippen LogP contribution < -0.4 is 4.74 Å². The zero-order valence-electron chi connectivity index (χ0n) is 15.0. The molecule has 0 amide bonds. The maximum absolute atomic E-state index is 14.8. The number of likely N-dealkylation sites (tertiary alicyclic amines) is 1. The minimum Gasteiger partial charge on any atom is -0.491 e. The van der Waals surface area contributed by atoms with E-state index < -0.39 is 17.4 Å². The van der Waals surface area contributed by atoms with Crippen molar-refractivity contribution in [3.05, 3.63) is 65.0 Å². The number of aliphatic hydroxyl groups excluding tert-OH is 1. The predicted molar refractivity (Wildman–Crippen MR) is 97.0 cm³/mol. The van der Waals surface area contributed by atoms with Crippen molar-refractivity contribution in [2.75, 3.05) is 26.3 Å². The maximum atomic E-state index is 14.8. The highest BCUT2D eigenvalue weighted by Gasteiger charge is 2.49. The summed E-state index contributed by atoms with van der Waals surface area (Å²) in [4.78, 5) is 14.7. The van der Waals surface area contributed by atoms with Crippen LogP contribution in [-0.4, -0.2) is 42.3 Å². The standard InChI is InChI=1S/C21H22FNO4/c22-18-13-16(26-11-10-24)12-17-19(18)21(27-20(17)25)6-8-23(9-7-21)14-15-4-2-1-3-5-15/h1-5,12-13,24H,6-11,14H2. The number of carbonyl (C=O) groups excluding carboxylic acids is 1. The van der Waals surface area contributed by atoms with E-state index >= 15 is 0 Å². The lowest BCUT2D eigenvalue weighted by atomic mass is 9.83. The molecular weight excluding hydrogens is 349 g/mol. The third-order valence-electron chi connectivity index (χ3n) is 5.30. The lowest BCUT2D eigenvalue weighted by Gasteiger charge is -2.38. The van der Waals surface area contributed by atoms with Crippen LogP contribution in [0.5, 0.6) is 5.75 Å². The van der Waals surface area contributed by atoms with Gasteiger partial charge in [-0.2, -0.15) is 0 Å². The third-order valence-corrected chi connectivity index (χ3v) is 5.30. The van der Waals surface area contributed by atoms with Crippen LogP contribution in [0.2, 0.25) is 0 Å². The normalized spacial score (nSPS) is 18.4. The largest absolute Gasteiger partial charge is 0.491 e. The molecule has 0 unspecified atom stereocenters. The van der Waals surface area contributed by atoms with Crippen molar-refractivity contribution in [3.63, 3.8) is 0 Å². The molecule has 27 heavy (non-hydrogen) atoms. The van der Waals surface area contributed by atoms with E-state index in [-0.39, 0.29) is 24.5 Å². The molecule has 2 aliphatic heterocycles. The van der Waals surface area contributed by atoms with E-state index in [9.17, 15) is 9.18 Å². The van der Waals surface area contributed by atoms with Gasteiger partial charge in [-0.25, -0.2) is 9.18 Å². The Hall–Kier alpha value is -2.44. The van der Waals surface area contributed by atoms with Crippen LogP contribution in [0, 0.1) is 5.82 Å². The van der Waals surface area contributed by atoms with E-state index in [4.69, 9.17) is 14.6 Å². The smallest absolute Gasteiger partial charge is 0.339 e. The summed E-state index contributed by atoms with van der Waals surface area (Å²) in [5.41, 5.74) is 0.927. The van der Waals surface area contributed by atoms with Crippen LogP contribution in [0.1, 0.15) is 34.3 Å². The molecular formula is C21H22FNO4. The Bertz CT molecular complexity index is 832. The Labute approximate surface area is 157 Å².